The fourth-order valence-electron chi connectivity index (χ4n) is 2.69. The number of hydrogen-bond acceptors (Lipinski definition) is 4. The van der Waals surface area contributed by atoms with Crippen LogP contribution in [0.25, 0.3) is 10.9 Å². The second-order valence-corrected chi connectivity index (χ2v) is 8.42. The van der Waals surface area contributed by atoms with E-state index in [0.717, 1.165) is 15.3 Å². The van der Waals surface area contributed by atoms with Crippen LogP contribution in [0, 0.1) is 13.8 Å². The summed E-state index contributed by atoms with van der Waals surface area (Å²) in [7, 11) is -0.711. The van der Waals surface area contributed by atoms with Gasteiger partial charge >= 0.3 is 0 Å². The summed E-state index contributed by atoms with van der Waals surface area (Å²) in [5, 5.41) is 10.5. The van der Waals surface area contributed by atoms with E-state index in [1.807, 2.05) is 12.1 Å². The Morgan fingerprint density at radius 2 is 1.92 bits per heavy atom. The number of anilines is 1. The number of sulfonamides is 1. The van der Waals surface area contributed by atoms with Crippen LogP contribution in [0.5, 0.6) is 0 Å². The quantitative estimate of drug-likeness (QED) is 0.736. The molecule has 0 saturated heterocycles. The zero-order valence-electron chi connectivity index (χ0n) is 15.0. The molecule has 0 saturated carbocycles. The molecule has 2 N–H and O–H groups in total. The molecule has 3 rings (SSSR count). The molecule has 1 aromatic heterocycles. The lowest BCUT2D eigenvalue weighted by molar-refractivity contribution is 0.102. The summed E-state index contributed by atoms with van der Waals surface area (Å²) in [6, 6.07) is 8.56. The average molecular weight is 372 g/mol. The van der Waals surface area contributed by atoms with Gasteiger partial charge in [-0.05, 0) is 43.2 Å². The molecule has 0 atom stereocenters. The molecular formula is C18H20N4O3S. The van der Waals surface area contributed by atoms with Crippen LogP contribution in [0.2, 0.25) is 0 Å². The number of amides is 1. The minimum Gasteiger partial charge on any atom is -0.320 e. The Bertz CT molecular complexity index is 1100. The van der Waals surface area contributed by atoms with Gasteiger partial charge in [0.15, 0.2) is 0 Å². The van der Waals surface area contributed by atoms with E-state index in [2.05, 4.69) is 15.5 Å². The van der Waals surface area contributed by atoms with Crippen molar-refractivity contribution in [1.82, 2.24) is 14.5 Å². The Balaban J connectivity index is 2.03. The second kappa shape index (κ2) is 6.54. The number of benzene rings is 2. The van der Waals surface area contributed by atoms with Crippen LogP contribution in [0.4, 0.5) is 5.69 Å². The topological polar surface area (TPSA) is 95.2 Å². The highest BCUT2D eigenvalue weighted by molar-refractivity contribution is 7.89. The second-order valence-electron chi connectivity index (χ2n) is 6.30. The van der Waals surface area contributed by atoms with Crippen LogP contribution >= 0.6 is 0 Å². The van der Waals surface area contributed by atoms with Gasteiger partial charge < -0.3 is 5.32 Å². The molecule has 0 spiro atoms. The first-order chi connectivity index (χ1) is 12.2. The third kappa shape index (κ3) is 3.09. The SMILES string of the molecule is Cc1cc(C(=O)Nc2cccc3cn[nH]c23)cc(S(=O)(=O)N(C)C)c1C. The van der Waals surface area contributed by atoms with Gasteiger partial charge in [-0.15, -0.1) is 0 Å². The van der Waals surface area contributed by atoms with Crippen molar-refractivity contribution < 1.29 is 13.2 Å². The number of aromatic amines is 1. The molecule has 0 fully saturated rings. The van der Waals surface area contributed by atoms with E-state index >= 15 is 0 Å². The van der Waals surface area contributed by atoms with E-state index in [0.29, 0.717) is 16.8 Å². The number of hydrogen-bond donors (Lipinski definition) is 2. The van der Waals surface area contributed by atoms with E-state index in [9.17, 15) is 13.2 Å². The normalized spacial score (nSPS) is 11.9. The van der Waals surface area contributed by atoms with Gasteiger partial charge in [0.25, 0.3) is 5.91 Å². The molecule has 1 amide bonds. The molecule has 2 aromatic carbocycles. The van der Waals surface area contributed by atoms with Crippen molar-refractivity contribution in [1.29, 1.82) is 0 Å². The van der Waals surface area contributed by atoms with Crippen LogP contribution in [0.3, 0.4) is 0 Å². The Labute approximate surface area is 152 Å². The highest BCUT2D eigenvalue weighted by Crippen LogP contribution is 2.25. The van der Waals surface area contributed by atoms with Crippen molar-refractivity contribution in [2.45, 2.75) is 18.7 Å². The van der Waals surface area contributed by atoms with E-state index < -0.39 is 10.0 Å². The smallest absolute Gasteiger partial charge is 0.255 e. The maximum absolute atomic E-state index is 12.7. The highest BCUT2D eigenvalue weighted by Gasteiger charge is 2.23. The number of rotatable bonds is 4. The van der Waals surface area contributed by atoms with Crippen molar-refractivity contribution >= 4 is 32.5 Å². The lowest BCUT2D eigenvalue weighted by Gasteiger charge is -2.16. The lowest BCUT2D eigenvalue weighted by Crippen LogP contribution is -2.24. The first-order valence-corrected chi connectivity index (χ1v) is 9.43. The van der Waals surface area contributed by atoms with Crippen molar-refractivity contribution in [2.75, 3.05) is 19.4 Å². The molecule has 8 heteroatoms. The first kappa shape index (κ1) is 18.1. The molecule has 0 bridgehead atoms. The number of nitrogens with one attached hydrogen (secondary N) is 2. The van der Waals surface area contributed by atoms with Gasteiger partial charge in [-0.3, -0.25) is 9.89 Å². The molecule has 136 valence electrons. The van der Waals surface area contributed by atoms with Crippen molar-refractivity contribution in [3.8, 4) is 0 Å². The number of carbonyl (C=O) groups excluding carboxylic acids is 1. The standard InChI is InChI=1S/C18H20N4O3S/c1-11-8-14(9-16(12(11)2)26(24,25)22(3)4)18(23)20-15-7-5-6-13-10-19-21-17(13)15/h5-10H,1-4H3,(H,19,21)(H,20,23). The van der Waals surface area contributed by atoms with Crippen LogP contribution in [-0.4, -0.2) is 42.9 Å². The van der Waals surface area contributed by atoms with Crippen LogP contribution < -0.4 is 5.32 Å². The summed E-state index contributed by atoms with van der Waals surface area (Å²) in [5.41, 5.74) is 2.94. The van der Waals surface area contributed by atoms with Crippen LogP contribution in [0.15, 0.2) is 41.4 Å². The molecule has 0 aliphatic carbocycles. The van der Waals surface area contributed by atoms with Crippen LogP contribution in [0.1, 0.15) is 21.5 Å². The van der Waals surface area contributed by atoms with Gasteiger partial charge in [0.05, 0.1) is 22.3 Å². The fourth-order valence-corrected chi connectivity index (χ4v) is 3.91. The minimum atomic E-state index is -3.65. The Hall–Kier alpha value is -2.71. The van der Waals surface area contributed by atoms with Gasteiger partial charge in [-0.2, -0.15) is 5.10 Å². The maximum atomic E-state index is 12.7. The number of aromatic nitrogens is 2. The van der Waals surface area contributed by atoms with Gasteiger partial charge in [-0.1, -0.05) is 12.1 Å². The summed E-state index contributed by atoms with van der Waals surface area (Å²) in [4.78, 5) is 12.9. The number of H-pyrrole nitrogens is 1. The van der Waals surface area contributed by atoms with Crippen molar-refractivity contribution in [3.05, 3.63) is 53.2 Å². The third-order valence-corrected chi connectivity index (χ3v) is 6.31. The molecule has 3 aromatic rings. The highest BCUT2D eigenvalue weighted by atomic mass is 32.2. The largest absolute Gasteiger partial charge is 0.320 e. The molecule has 26 heavy (non-hydrogen) atoms. The third-order valence-electron chi connectivity index (χ3n) is 4.37. The van der Waals surface area contributed by atoms with Gasteiger partial charge in [0, 0.05) is 25.0 Å². The van der Waals surface area contributed by atoms with Crippen molar-refractivity contribution in [3.63, 3.8) is 0 Å². The summed E-state index contributed by atoms with van der Waals surface area (Å²) in [6.45, 7) is 3.52. The monoisotopic (exact) mass is 372 g/mol. The Morgan fingerprint density at radius 3 is 2.62 bits per heavy atom. The van der Waals surface area contributed by atoms with Crippen LogP contribution in [-0.2, 0) is 10.0 Å². The number of fused-ring (bicyclic) bond motifs is 1. The molecular weight excluding hydrogens is 352 g/mol. The minimum absolute atomic E-state index is 0.132. The van der Waals surface area contributed by atoms with Gasteiger partial charge in [0.1, 0.15) is 0 Å². The van der Waals surface area contributed by atoms with Crippen molar-refractivity contribution in [2.24, 2.45) is 0 Å². The van der Waals surface area contributed by atoms with E-state index in [1.165, 1.54) is 20.2 Å². The average Bonchev–Trinajstić information content (AvgIpc) is 3.06. The number of aryl methyl sites for hydroxylation is 1. The van der Waals surface area contributed by atoms with Gasteiger partial charge in [0.2, 0.25) is 10.0 Å². The summed E-state index contributed by atoms with van der Waals surface area (Å²) in [5.74, 6) is -0.384. The molecule has 0 radical (unpaired) electrons. The Kier molecular flexibility index (Phi) is 4.55. The number of nitrogens with zero attached hydrogens (tertiary/aromatic N) is 2. The predicted octanol–water partition coefficient (Wildman–Crippen LogP) is 2.68. The van der Waals surface area contributed by atoms with E-state index in [-0.39, 0.29) is 16.4 Å². The maximum Gasteiger partial charge on any atom is 0.255 e. The predicted molar refractivity (Wildman–Crippen MR) is 101 cm³/mol. The lowest BCUT2D eigenvalue weighted by atomic mass is 10.1. The molecule has 1 heterocycles. The number of para-hydroxylation sites is 1. The number of carbonyl (C=O) groups is 1. The molecule has 0 aliphatic heterocycles. The first-order valence-electron chi connectivity index (χ1n) is 7.99. The van der Waals surface area contributed by atoms with E-state index in [4.69, 9.17) is 0 Å². The summed E-state index contributed by atoms with van der Waals surface area (Å²) < 4.78 is 26.3. The molecule has 0 unspecified atom stereocenters. The molecule has 7 nitrogen and oxygen atoms in total. The zero-order valence-corrected chi connectivity index (χ0v) is 15.8. The zero-order chi connectivity index (χ0) is 19.1. The van der Waals surface area contributed by atoms with Gasteiger partial charge in [-0.25, -0.2) is 12.7 Å². The molecule has 0 aliphatic rings. The Morgan fingerprint density at radius 1 is 1.19 bits per heavy atom. The summed E-state index contributed by atoms with van der Waals surface area (Å²) in [6.07, 6.45) is 1.67. The summed E-state index contributed by atoms with van der Waals surface area (Å²) >= 11 is 0. The fraction of sp³-hybridized carbons (Fsp3) is 0.222. The van der Waals surface area contributed by atoms with E-state index in [1.54, 1.807) is 32.2 Å².